The molecule has 8 nitrogen and oxygen atoms in total. The molecule has 0 aliphatic rings. The monoisotopic (exact) mass is 494 g/mol. The number of hydrazine groups is 1. The van der Waals surface area contributed by atoms with Crippen molar-refractivity contribution in [3.8, 4) is 0 Å². The number of fused-ring (bicyclic) bond motifs is 1. The number of thiazole rings is 1. The predicted octanol–water partition coefficient (Wildman–Crippen LogP) is 4.33. The van der Waals surface area contributed by atoms with Crippen molar-refractivity contribution in [1.29, 1.82) is 0 Å². The molecule has 0 saturated carbocycles. The lowest BCUT2D eigenvalue weighted by Crippen LogP contribution is -2.51. The van der Waals surface area contributed by atoms with E-state index in [9.17, 15) is 19.1 Å². The van der Waals surface area contributed by atoms with Crippen LogP contribution in [0.25, 0.3) is 10.2 Å². The van der Waals surface area contributed by atoms with Gasteiger partial charge in [-0.1, -0.05) is 47.2 Å². The van der Waals surface area contributed by atoms with Crippen LogP contribution in [0, 0.1) is 5.82 Å². The zero-order valence-corrected chi connectivity index (χ0v) is 19.6. The maximum Gasteiger partial charge on any atom is 0.413 e. The first kappa shape index (κ1) is 24.8. The highest BCUT2D eigenvalue weighted by Gasteiger charge is 2.25. The topological polar surface area (TPSA) is 104 Å². The highest BCUT2D eigenvalue weighted by molar-refractivity contribution is 7.22. The van der Waals surface area contributed by atoms with E-state index in [4.69, 9.17) is 16.3 Å². The van der Waals surface area contributed by atoms with Gasteiger partial charge in [0.25, 0.3) is 0 Å². The van der Waals surface area contributed by atoms with Gasteiger partial charge in [0.2, 0.25) is 5.91 Å². The van der Waals surface area contributed by atoms with E-state index in [1.165, 1.54) is 35.4 Å². The van der Waals surface area contributed by atoms with E-state index >= 15 is 0 Å². The smallest absolute Gasteiger partial charge is 0.413 e. The van der Waals surface area contributed by atoms with Crippen LogP contribution in [0.15, 0.2) is 42.5 Å². The van der Waals surface area contributed by atoms with Gasteiger partial charge < -0.3 is 9.84 Å². The molecular weight excluding hydrogens is 471 g/mol. The first-order chi connectivity index (χ1) is 15.7. The number of halogens is 2. The molecule has 0 bridgehead atoms. The van der Waals surface area contributed by atoms with Crippen molar-refractivity contribution in [2.75, 3.05) is 11.9 Å². The molecule has 176 valence electrons. The molecule has 2 amide bonds. The third kappa shape index (κ3) is 6.84. The SMILES string of the molecule is CC(=O)N(NCc1cccc(F)c1Cl)[C@H](COC(=O)Nc1nc2ccccc2s1)C[C@@H](C)O. The Kier molecular flexibility index (Phi) is 8.56. The molecule has 0 aliphatic carbocycles. The zero-order valence-electron chi connectivity index (χ0n) is 18.0. The van der Waals surface area contributed by atoms with Crippen LogP contribution in [-0.4, -0.2) is 45.9 Å². The van der Waals surface area contributed by atoms with E-state index in [1.54, 1.807) is 13.0 Å². The number of para-hydroxylation sites is 1. The normalized spacial score (nSPS) is 12.9. The Labute approximate surface area is 199 Å². The highest BCUT2D eigenvalue weighted by Crippen LogP contribution is 2.25. The number of benzene rings is 2. The Balaban J connectivity index is 1.64. The lowest BCUT2D eigenvalue weighted by Gasteiger charge is -2.32. The largest absolute Gasteiger partial charge is 0.447 e. The van der Waals surface area contributed by atoms with E-state index in [1.807, 2.05) is 24.3 Å². The molecule has 2 atom stereocenters. The summed E-state index contributed by atoms with van der Waals surface area (Å²) in [5, 5.41) is 14.1. The van der Waals surface area contributed by atoms with Crippen LogP contribution in [0.4, 0.5) is 14.3 Å². The van der Waals surface area contributed by atoms with Gasteiger partial charge in [0.05, 0.1) is 27.4 Å². The number of carbonyl (C=O) groups is 2. The lowest BCUT2D eigenvalue weighted by molar-refractivity contribution is -0.137. The van der Waals surface area contributed by atoms with E-state index in [2.05, 4.69) is 15.7 Å². The second-order valence-electron chi connectivity index (χ2n) is 7.39. The number of aliphatic hydroxyl groups is 1. The van der Waals surface area contributed by atoms with Crippen molar-refractivity contribution in [3.63, 3.8) is 0 Å². The van der Waals surface area contributed by atoms with E-state index in [-0.39, 0.29) is 30.5 Å². The van der Waals surface area contributed by atoms with Gasteiger partial charge in [-0.3, -0.25) is 15.1 Å². The summed E-state index contributed by atoms with van der Waals surface area (Å²) in [5.41, 5.74) is 4.11. The first-order valence-electron chi connectivity index (χ1n) is 10.2. The molecule has 0 saturated heterocycles. The average molecular weight is 495 g/mol. The fraction of sp³-hybridized carbons (Fsp3) is 0.318. The molecule has 0 fully saturated rings. The van der Waals surface area contributed by atoms with Crippen molar-refractivity contribution in [1.82, 2.24) is 15.4 Å². The standard InChI is InChI=1S/C22H24ClFN4O4S/c1-13(29)10-16(28(14(2)30)25-11-15-6-5-7-17(24)20(15)23)12-32-22(31)27-21-26-18-8-3-4-9-19(18)33-21/h3-9,13,16,25,29H,10-12H2,1-2H3,(H,26,27,31)/t13-,16+/m1/s1. The first-order valence-corrected chi connectivity index (χ1v) is 11.4. The number of amides is 2. The Bertz CT molecular complexity index is 1090. The summed E-state index contributed by atoms with van der Waals surface area (Å²) in [6, 6.07) is 11.2. The number of ether oxygens (including phenoxy) is 1. The quantitative estimate of drug-likeness (QED) is 0.382. The number of aliphatic hydroxyl groups excluding tert-OH is 1. The maximum absolute atomic E-state index is 13.7. The number of carbonyl (C=O) groups excluding carboxylic acids is 2. The average Bonchev–Trinajstić information content (AvgIpc) is 3.16. The Morgan fingerprint density at radius 2 is 2.03 bits per heavy atom. The number of nitrogens with zero attached hydrogens (tertiary/aromatic N) is 2. The molecule has 2 aromatic carbocycles. The van der Waals surface area contributed by atoms with Gasteiger partial charge in [-0.15, -0.1) is 0 Å². The fourth-order valence-corrected chi connectivity index (χ4v) is 4.26. The van der Waals surface area contributed by atoms with Gasteiger partial charge in [-0.25, -0.2) is 19.6 Å². The van der Waals surface area contributed by atoms with Crippen LogP contribution in [0.2, 0.25) is 5.02 Å². The van der Waals surface area contributed by atoms with Crippen molar-refractivity contribution in [3.05, 3.63) is 58.9 Å². The summed E-state index contributed by atoms with van der Waals surface area (Å²) in [6.07, 6.45) is -1.37. The number of hydrogen-bond acceptors (Lipinski definition) is 7. The molecular formula is C22H24ClFN4O4S. The van der Waals surface area contributed by atoms with Crippen LogP contribution in [0.1, 0.15) is 25.8 Å². The van der Waals surface area contributed by atoms with E-state index < -0.39 is 24.1 Å². The molecule has 0 aliphatic heterocycles. The second-order valence-corrected chi connectivity index (χ2v) is 8.79. The molecule has 0 unspecified atom stereocenters. The predicted molar refractivity (Wildman–Crippen MR) is 125 cm³/mol. The molecule has 3 rings (SSSR count). The number of anilines is 1. The van der Waals surface area contributed by atoms with Gasteiger partial charge in [-0.2, -0.15) is 0 Å². The molecule has 1 aromatic heterocycles. The van der Waals surface area contributed by atoms with Crippen molar-refractivity contribution in [2.45, 2.75) is 39.0 Å². The lowest BCUT2D eigenvalue weighted by atomic mass is 10.1. The number of rotatable bonds is 9. The summed E-state index contributed by atoms with van der Waals surface area (Å²) >= 11 is 7.30. The highest BCUT2D eigenvalue weighted by atomic mass is 35.5. The maximum atomic E-state index is 13.7. The van der Waals surface area contributed by atoms with Crippen LogP contribution in [0.5, 0.6) is 0 Å². The second kappa shape index (κ2) is 11.4. The molecule has 1 heterocycles. The summed E-state index contributed by atoms with van der Waals surface area (Å²) in [5.74, 6) is -0.941. The van der Waals surface area contributed by atoms with Crippen molar-refractivity contribution < 1.29 is 23.8 Å². The molecule has 0 radical (unpaired) electrons. The summed E-state index contributed by atoms with van der Waals surface area (Å²) < 4.78 is 19.9. The minimum Gasteiger partial charge on any atom is -0.447 e. The van der Waals surface area contributed by atoms with E-state index in [0.29, 0.717) is 10.7 Å². The third-order valence-electron chi connectivity index (χ3n) is 4.70. The Morgan fingerprint density at radius 1 is 1.27 bits per heavy atom. The minimum absolute atomic E-state index is 0.0490. The summed E-state index contributed by atoms with van der Waals surface area (Å²) in [4.78, 5) is 28.9. The van der Waals surface area contributed by atoms with Gasteiger partial charge in [0.15, 0.2) is 5.13 Å². The Morgan fingerprint density at radius 3 is 2.73 bits per heavy atom. The molecule has 3 N–H and O–H groups in total. The zero-order chi connectivity index (χ0) is 24.0. The van der Waals surface area contributed by atoms with Crippen molar-refractivity contribution in [2.24, 2.45) is 0 Å². The Hall–Kier alpha value is -2.79. The number of nitrogens with one attached hydrogen (secondary N) is 2. The van der Waals surface area contributed by atoms with Crippen LogP contribution in [-0.2, 0) is 16.1 Å². The molecule has 11 heteroatoms. The molecule has 3 aromatic rings. The van der Waals surface area contributed by atoms with Gasteiger partial charge in [0.1, 0.15) is 12.4 Å². The van der Waals surface area contributed by atoms with Crippen molar-refractivity contribution >= 4 is 50.3 Å². The summed E-state index contributed by atoms with van der Waals surface area (Å²) in [6.45, 7) is 2.77. The third-order valence-corrected chi connectivity index (χ3v) is 6.07. The van der Waals surface area contributed by atoms with Crippen LogP contribution in [0.3, 0.4) is 0 Å². The fourth-order valence-electron chi connectivity index (χ4n) is 3.22. The van der Waals surface area contributed by atoms with E-state index in [0.717, 1.165) is 10.2 Å². The van der Waals surface area contributed by atoms with Crippen LogP contribution >= 0.6 is 22.9 Å². The van der Waals surface area contributed by atoms with Crippen LogP contribution < -0.4 is 10.7 Å². The minimum atomic E-state index is -0.771. The van der Waals surface area contributed by atoms with Gasteiger partial charge in [0, 0.05) is 13.5 Å². The van der Waals surface area contributed by atoms with Gasteiger partial charge >= 0.3 is 6.09 Å². The summed E-state index contributed by atoms with van der Waals surface area (Å²) in [7, 11) is 0. The number of aromatic nitrogens is 1. The number of hydrogen-bond donors (Lipinski definition) is 3. The molecule has 0 spiro atoms. The van der Waals surface area contributed by atoms with Gasteiger partial charge in [-0.05, 0) is 37.1 Å². The molecule has 33 heavy (non-hydrogen) atoms.